The van der Waals surface area contributed by atoms with Crippen molar-refractivity contribution in [1.29, 1.82) is 5.26 Å². The second-order valence-corrected chi connectivity index (χ2v) is 4.27. The van der Waals surface area contributed by atoms with Crippen LogP contribution in [0.25, 0.3) is 0 Å². The van der Waals surface area contributed by atoms with E-state index in [9.17, 15) is 4.79 Å². The van der Waals surface area contributed by atoms with Gasteiger partial charge in [-0.1, -0.05) is 31.2 Å². The average molecular weight is 244 g/mol. The van der Waals surface area contributed by atoms with Crippen LogP contribution in [0.4, 0.5) is 0 Å². The zero-order valence-corrected chi connectivity index (χ0v) is 11.1. The fourth-order valence-electron chi connectivity index (χ4n) is 1.85. The lowest BCUT2D eigenvalue weighted by molar-refractivity contribution is -0.121. The minimum atomic E-state index is -0.196. The molecular formula is C15H20N2O. The largest absolute Gasteiger partial charge is 0.356 e. The second kappa shape index (κ2) is 7.50. The summed E-state index contributed by atoms with van der Waals surface area (Å²) in [5, 5.41) is 11.9. The van der Waals surface area contributed by atoms with Gasteiger partial charge in [0.05, 0.1) is 12.0 Å². The van der Waals surface area contributed by atoms with Crippen molar-refractivity contribution >= 4 is 5.91 Å². The number of rotatable bonds is 6. The highest BCUT2D eigenvalue weighted by atomic mass is 16.1. The molecule has 1 atom stereocenters. The molecule has 3 nitrogen and oxygen atoms in total. The molecule has 0 saturated carbocycles. The van der Waals surface area contributed by atoms with Crippen molar-refractivity contribution in [3.8, 4) is 6.07 Å². The molecule has 0 spiro atoms. The molecule has 3 heteroatoms. The van der Waals surface area contributed by atoms with Gasteiger partial charge >= 0.3 is 0 Å². The third-order valence-corrected chi connectivity index (χ3v) is 2.98. The number of amides is 1. The Morgan fingerprint density at radius 2 is 2.00 bits per heavy atom. The van der Waals surface area contributed by atoms with Gasteiger partial charge in [0.25, 0.3) is 0 Å². The number of aryl methyl sites for hydroxylation is 1. The number of nitrogens with one attached hydrogen (secondary N) is 1. The normalized spacial score (nSPS) is 11.6. The first-order valence-corrected chi connectivity index (χ1v) is 6.46. The molecular weight excluding hydrogens is 224 g/mol. The van der Waals surface area contributed by atoms with Crippen LogP contribution in [0.3, 0.4) is 0 Å². The number of hydrogen-bond donors (Lipinski definition) is 1. The molecule has 96 valence electrons. The predicted molar refractivity (Wildman–Crippen MR) is 72.1 cm³/mol. The van der Waals surface area contributed by atoms with Crippen LogP contribution in [0, 0.1) is 11.3 Å². The van der Waals surface area contributed by atoms with Gasteiger partial charge in [-0.05, 0) is 30.9 Å². The quantitative estimate of drug-likeness (QED) is 0.836. The molecule has 1 aromatic rings. The van der Waals surface area contributed by atoms with Gasteiger partial charge in [-0.3, -0.25) is 4.79 Å². The van der Waals surface area contributed by atoms with Crippen molar-refractivity contribution in [3.05, 3.63) is 35.4 Å². The molecule has 0 aliphatic heterocycles. The van der Waals surface area contributed by atoms with Crippen LogP contribution < -0.4 is 5.32 Å². The molecule has 0 saturated heterocycles. The standard InChI is InChI=1S/C15H20N2O/c1-3-12-5-7-13(8-6-12)14(11-16)9-10-15(18)17-4-2/h5-8,14H,3-4,9-10H2,1-2H3,(H,17,18). The van der Waals surface area contributed by atoms with Gasteiger partial charge in [0.15, 0.2) is 0 Å². The van der Waals surface area contributed by atoms with Crippen LogP contribution in [0.2, 0.25) is 0 Å². The van der Waals surface area contributed by atoms with Gasteiger partial charge in [-0.15, -0.1) is 0 Å². The molecule has 1 rings (SSSR count). The Kier molecular flexibility index (Phi) is 5.93. The molecule has 0 aliphatic rings. The third kappa shape index (κ3) is 4.21. The molecule has 1 aromatic carbocycles. The maximum Gasteiger partial charge on any atom is 0.220 e. The van der Waals surface area contributed by atoms with Crippen LogP contribution in [0.5, 0.6) is 0 Å². The van der Waals surface area contributed by atoms with Crippen molar-refractivity contribution < 1.29 is 4.79 Å². The lowest BCUT2D eigenvalue weighted by Crippen LogP contribution is -2.22. The van der Waals surface area contributed by atoms with E-state index in [0.717, 1.165) is 12.0 Å². The molecule has 0 fully saturated rings. The van der Waals surface area contributed by atoms with E-state index >= 15 is 0 Å². The second-order valence-electron chi connectivity index (χ2n) is 4.27. The van der Waals surface area contributed by atoms with Crippen molar-refractivity contribution in [2.75, 3.05) is 6.54 Å². The third-order valence-electron chi connectivity index (χ3n) is 2.98. The molecule has 1 N–H and O–H groups in total. The summed E-state index contributed by atoms with van der Waals surface area (Å²) in [5.41, 5.74) is 2.26. The van der Waals surface area contributed by atoms with E-state index in [0.29, 0.717) is 19.4 Å². The SMILES string of the molecule is CCNC(=O)CCC(C#N)c1ccc(CC)cc1. The Labute approximate surface area is 109 Å². The minimum Gasteiger partial charge on any atom is -0.356 e. The van der Waals surface area contributed by atoms with Crippen molar-refractivity contribution in [2.24, 2.45) is 0 Å². The molecule has 18 heavy (non-hydrogen) atoms. The molecule has 0 aliphatic carbocycles. The van der Waals surface area contributed by atoms with E-state index in [1.165, 1.54) is 5.56 Å². The Morgan fingerprint density at radius 1 is 1.33 bits per heavy atom. The highest BCUT2D eigenvalue weighted by Crippen LogP contribution is 2.21. The zero-order valence-electron chi connectivity index (χ0n) is 11.1. The summed E-state index contributed by atoms with van der Waals surface area (Å²) < 4.78 is 0. The first-order chi connectivity index (χ1) is 8.71. The highest BCUT2D eigenvalue weighted by molar-refractivity contribution is 5.75. The summed E-state index contributed by atoms with van der Waals surface area (Å²) in [5.74, 6) is -0.179. The number of nitrogens with zero attached hydrogens (tertiary/aromatic N) is 1. The fraction of sp³-hybridized carbons (Fsp3) is 0.467. The zero-order chi connectivity index (χ0) is 13.4. The Bertz CT molecular complexity index is 417. The summed E-state index contributed by atoms with van der Waals surface area (Å²) in [6.07, 6.45) is 1.98. The van der Waals surface area contributed by atoms with Gasteiger partial charge in [0.2, 0.25) is 5.91 Å². The van der Waals surface area contributed by atoms with Crippen LogP contribution in [-0.2, 0) is 11.2 Å². The van der Waals surface area contributed by atoms with E-state index in [-0.39, 0.29) is 11.8 Å². The van der Waals surface area contributed by atoms with Gasteiger partial charge in [-0.25, -0.2) is 0 Å². The molecule has 0 aromatic heterocycles. The maximum absolute atomic E-state index is 11.4. The fourth-order valence-corrected chi connectivity index (χ4v) is 1.85. The van der Waals surface area contributed by atoms with Crippen LogP contribution in [0.15, 0.2) is 24.3 Å². The average Bonchev–Trinajstić information content (AvgIpc) is 2.40. The van der Waals surface area contributed by atoms with Crippen LogP contribution >= 0.6 is 0 Å². The highest BCUT2D eigenvalue weighted by Gasteiger charge is 2.12. The molecule has 0 bridgehead atoms. The Morgan fingerprint density at radius 3 is 2.50 bits per heavy atom. The molecule has 0 heterocycles. The number of nitriles is 1. The van der Waals surface area contributed by atoms with Crippen LogP contribution in [-0.4, -0.2) is 12.5 Å². The first-order valence-electron chi connectivity index (χ1n) is 6.46. The smallest absolute Gasteiger partial charge is 0.220 e. The molecule has 1 unspecified atom stereocenters. The number of carbonyl (C=O) groups is 1. The Hall–Kier alpha value is -1.82. The number of hydrogen-bond acceptors (Lipinski definition) is 2. The van der Waals surface area contributed by atoms with Gasteiger partial charge in [0, 0.05) is 13.0 Å². The van der Waals surface area contributed by atoms with E-state index in [1.807, 2.05) is 31.2 Å². The van der Waals surface area contributed by atoms with Gasteiger partial charge in [-0.2, -0.15) is 5.26 Å². The van der Waals surface area contributed by atoms with Gasteiger partial charge in [0.1, 0.15) is 0 Å². The van der Waals surface area contributed by atoms with Gasteiger partial charge < -0.3 is 5.32 Å². The number of benzene rings is 1. The van der Waals surface area contributed by atoms with E-state index in [2.05, 4.69) is 18.3 Å². The maximum atomic E-state index is 11.4. The van der Waals surface area contributed by atoms with Crippen LogP contribution in [0.1, 0.15) is 43.7 Å². The number of carbonyl (C=O) groups excluding carboxylic acids is 1. The lowest BCUT2D eigenvalue weighted by atomic mass is 9.94. The van der Waals surface area contributed by atoms with E-state index in [4.69, 9.17) is 5.26 Å². The topological polar surface area (TPSA) is 52.9 Å². The van der Waals surface area contributed by atoms with Crippen molar-refractivity contribution in [1.82, 2.24) is 5.32 Å². The summed E-state index contributed by atoms with van der Waals surface area (Å²) in [4.78, 5) is 11.4. The van der Waals surface area contributed by atoms with E-state index in [1.54, 1.807) is 0 Å². The monoisotopic (exact) mass is 244 g/mol. The molecule has 0 radical (unpaired) electrons. The first kappa shape index (κ1) is 14.2. The van der Waals surface area contributed by atoms with Crippen molar-refractivity contribution in [2.45, 2.75) is 39.0 Å². The predicted octanol–water partition coefficient (Wildman–Crippen LogP) is 2.77. The molecule has 1 amide bonds. The summed E-state index contributed by atoms with van der Waals surface area (Å²) in [6, 6.07) is 10.3. The Balaban J connectivity index is 2.60. The van der Waals surface area contributed by atoms with Crippen molar-refractivity contribution in [3.63, 3.8) is 0 Å². The lowest BCUT2D eigenvalue weighted by Gasteiger charge is -2.10. The minimum absolute atomic E-state index is 0.0166. The summed E-state index contributed by atoms with van der Waals surface area (Å²) in [6.45, 7) is 4.64. The summed E-state index contributed by atoms with van der Waals surface area (Å²) >= 11 is 0. The summed E-state index contributed by atoms with van der Waals surface area (Å²) in [7, 11) is 0. The van der Waals surface area contributed by atoms with E-state index < -0.39 is 0 Å².